The zero-order valence-electron chi connectivity index (χ0n) is 10.4. The number of hydrogen-bond donors (Lipinski definition) is 1. The molecule has 1 aromatic heterocycles. The minimum Gasteiger partial charge on any atom is -0.497 e. The molecule has 0 spiro atoms. The average molecular weight is 248 g/mol. The van der Waals surface area contributed by atoms with E-state index in [1.807, 2.05) is 13.0 Å². The highest BCUT2D eigenvalue weighted by Gasteiger charge is 2.12. The summed E-state index contributed by atoms with van der Waals surface area (Å²) < 4.78 is 15.8. The lowest BCUT2D eigenvalue weighted by Crippen LogP contribution is -2.08. The van der Waals surface area contributed by atoms with Crippen molar-refractivity contribution in [3.8, 4) is 11.5 Å². The van der Waals surface area contributed by atoms with Gasteiger partial charge in [0.25, 0.3) is 0 Å². The summed E-state index contributed by atoms with van der Waals surface area (Å²) in [5, 5.41) is 9.85. The minimum atomic E-state index is -0.763. The molecule has 1 N–H and O–H groups in total. The Bertz CT molecular complexity index is 487. The third-order valence-electron chi connectivity index (χ3n) is 2.56. The van der Waals surface area contributed by atoms with Crippen molar-refractivity contribution in [2.24, 2.45) is 0 Å². The highest BCUT2D eigenvalue weighted by atomic mass is 16.5. The third-order valence-corrected chi connectivity index (χ3v) is 2.56. The Morgan fingerprint density at radius 2 is 1.78 bits per heavy atom. The third kappa shape index (κ3) is 3.05. The van der Waals surface area contributed by atoms with Gasteiger partial charge in [-0.25, -0.2) is 0 Å². The summed E-state index contributed by atoms with van der Waals surface area (Å²) in [5.74, 6) is 2.73. The van der Waals surface area contributed by atoms with Crippen molar-refractivity contribution in [3.05, 3.63) is 47.9 Å². The highest BCUT2D eigenvalue weighted by Crippen LogP contribution is 2.20. The van der Waals surface area contributed by atoms with Gasteiger partial charge in [0, 0.05) is 0 Å². The zero-order chi connectivity index (χ0) is 13.0. The van der Waals surface area contributed by atoms with E-state index in [-0.39, 0.29) is 6.61 Å². The Hall–Kier alpha value is -1.94. The SMILES string of the molecule is COc1ccc(OCC(O)c2ccc(C)o2)cc1. The van der Waals surface area contributed by atoms with E-state index < -0.39 is 6.10 Å². The molecule has 96 valence electrons. The molecule has 4 nitrogen and oxygen atoms in total. The van der Waals surface area contributed by atoms with Gasteiger partial charge in [-0.2, -0.15) is 0 Å². The second-order valence-corrected chi connectivity index (χ2v) is 3.95. The largest absolute Gasteiger partial charge is 0.497 e. The molecule has 2 aromatic rings. The Labute approximate surface area is 106 Å². The van der Waals surface area contributed by atoms with Gasteiger partial charge in [-0.15, -0.1) is 0 Å². The number of methoxy groups -OCH3 is 1. The monoisotopic (exact) mass is 248 g/mol. The maximum Gasteiger partial charge on any atom is 0.145 e. The molecule has 0 bridgehead atoms. The number of aliphatic hydroxyl groups is 1. The second-order valence-electron chi connectivity index (χ2n) is 3.95. The number of ether oxygens (including phenoxy) is 2. The molecular formula is C14H16O4. The summed E-state index contributed by atoms with van der Waals surface area (Å²) >= 11 is 0. The van der Waals surface area contributed by atoms with Crippen molar-refractivity contribution >= 4 is 0 Å². The number of aryl methyl sites for hydroxylation is 1. The molecule has 0 aliphatic heterocycles. The van der Waals surface area contributed by atoms with E-state index in [0.29, 0.717) is 11.5 Å². The van der Waals surface area contributed by atoms with E-state index in [9.17, 15) is 5.11 Å². The normalized spacial score (nSPS) is 12.2. The van der Waals surface area contributed by atoms with Crippen LogP contribution < -0.4 is 9.47 Å². The lowest BCUT2D eigenvalue weighted by molar-refractivity contribution is 0.0880. The molecule has 0 radical (unpaired) electrons. The van der Waals surface area contributed by atoms with E-state index in [0.717, 1.165) is 11.5 Å². The Kier molecular flexibility index (Phi) is 3.89. The predicted molar refractivity (Wildman–Crippen MR) is 66.9 cm³/mol. The zero-order valence-corrected chi connectivity index (χ0v) is 10.4. The summed E-state index contributed by atoms with van der Waals surface area (Å²) in [6.45, 7) is 1.99. The van der Waals surface area contributed by atoms with Crippen LogP contribution in [0.4, 0.5) is 0 Å². The van der Waals surface area contributed by atoms with Crippen LogP contribution in [-0.4, -0.2) is 18.8 Å². The van der Waals surface area contributed by atoms with Gasteiger partial charge in [-0.1, -0.05) is 0 Å². The van der Waals surface area contributed by atoms with Crippen LogP contribution >= 0.6 is 0 Å². The Balaban J connectivity index is 1.90. The van der Waals surface area contributed by atoms with Crippen LogP contribution in [0.1, 0.15) is 17.6 Å². The van der Waals surface area contributed by atoms with Gasteiger partial charge >= 0.3 is 0 Å². The number of benzene rings is 1. The summed E-state index contributed by atoms with van der Waals surface area (Å²) in [6.07, 6.45) is -0.763. The van der Waals surface area contributed by atoms with Gasteiger partial charge in [0.1, 0.15) is 35.7 Å². The molecule has 1 aromatic carbocycles. The first-order valence-corrected chi connectivity index (χ1v) is 5.70. The molecule has 0 aliphatic rings. The smallest absolute Gasteiger partial charge is 0.145 e. The van der Waals surface area contributed by atoms with E-state index >= 15 is 0 Å². The van der Waals surface area contributed by atoms with Crippen LogP contribution in [0.25, 0.3) is 0 Å². The molecule has 1 unspecified atom stereocenters. The molecule has 0 saturated heterocycles. The van der Waals surface area contributed by atoms with Crippen LogP contribution in [0.2, 0.25) is 0 Å². The van der Waals surface area contributed by atoms with Crippen molar-refractivity contribution in [2.75, 3.05) is 13.7 Å². The molecule has 0 fully saturated rings. The highest BCUT2D eigenvalue weighted by molar-refractivity contribution is 5.31. The topological polar surface area (TPSA) is 51.8 Å². The molecule has 0 aliphatic carbocycles. The van der Waals surface area contributed by atoms with Crippen molar-refractivity contribution < 1.29 is 19.0 Å². The summed E-state index contributed by atoms with van der Waals surface area (Å²) in [5.41, 5.74) is 0. The maximum absolute atomic E-state index is 9.85. The molecule has 1 atom stereocenters. The van der Waals surface area contributed by atoms with Crippen molar-refractivity contribution in [3.63, 3.8) is 0 Å². The fourth-order valence-corrected chi connectivity index (χ4v) is 1.56. The van der Waals surface area contributed by atoms with Crippen molar-refractivity contribution in [1.29, 1.82) is 0 Å². The number of furan rings is 1. The van der Waals surface area contributed by atoms with Crippen LogP contribution in [0.5, 0.6) is 11.5 Å². The van der Waals surface area contributed by atoms with Gasteiger partial charge in [0.05, 0.1) is 7.11 Å². The van der Waals surface area contributed by atoms with Crippen molar-refractivity contribution in [1.82, 2.24) is 0 Å². The standard InChI is InChI=1S/C14H16O4/c1-10-3-8-14(18-10)13(15)9-17-12-6-4-11(16-2)5-7-12/h3-8,13,15H,9H2,1-2H3. The molecule has 0 amide bonds. The van der Waals surface area contributed by atoms with Crippen LogP contribution in [0.15, 0.2) is 40.8 Å². The molecule has 1 heterocycles. The number of aliphatic hydroxyl groups excluding tert-OH is 1. The number of rotatable bonds is 5. The van der Waals surface area contributed by atoms with Gasteiger partial charge in [0.15, 0.2) is 0 Å². The predicted octanol–water partition coefficient (Wildman–Crippen LogP) is 2.71. The van der Waals surface area contributed by atoms with Gasteiger partial charge in [0.2, 0.25) is 0 Å². The molecular weight excluding hydrogens is 232 g/mol. The van der Waals surface area contributed by atoms with Crippen LogP contribution in [0.3, 0.4) is 0 Å². The summed E-state index contributed by atoms with van der Waals surface area (Å²) in [4.78, 5) is 0. The maximum atomic E-state index is 9.85. The fourth-order valence-electron chi connectivity index (χ4n) is 1.56. The fraction of sp³-hybridized carbons (Fsp3) is 0.286. The molecule has 18 heavy (non-hydrogen) atoms. The minimum absolute atomic E-state index is 0.152. The lowest BCUT2D eigenvalue weighted by atomic mass is 10.3. The van der Waals surface area contributed by atoms with E-state index in [1.54, 1.807) is 37.4 Å². The average Bonchev–Trinajstić information content (AvgIpc) is 2.83. The van der Waals surface area contributed by atoms with Gasteiger partial charge in [-0.3, -0.25) is 0 Å². The van der Waals surface area contributed by atoms with E-state index in [2.05, 4.69) is 0 Å². The lowest BCUT2D eigenvalue weighted by Gasteiger charge is -2.10. The Morgan fingerprint density at radius 3 is 2.33 bits per heavy atom. The molecule has 2 rings (SSSR count). The van der Waals surface area contributed by atoms with Gasteiger partial charge in [-0.05, 0) is 43.3 Å². The summed E-state index contributed by atoms with van der Waals surface area (Å²) in [7, 11) is 1.61. The van der Waals surface area contributed by atoms with Gasteiger partial charge < -0.3 is 19.0 Å². The van der Waals surface area contributed by atoms with Crippen molar-refractivity contribution in [2.45, 2.75) is 13.0 Å². The first-order chi connectivity index (χ1) is 8.69. The molecule has 4 heteroatoms. The summed E-state index contributed by atoms with van der Waals surface area (Å²) in [6, 6.07) is 10.7. The first kappa shape index (κ1) is 12.5. The van der Waals surface area contributed by atoms with E-state index in [1.165, 1.54) is 0 Å². The number of hydrogen-bond acceptors (Lipinski definition) is 4. The van der Waals surface area contributed by atoms with E-state index in [4.69, 9.17) is 13.9 Å². The second kappa shape index (κ2) is 5.60. The molecule has 0 saturated carbocycles. The Morgan fingerprint density at radius 1 is 1.11 bits per heavy atom. The quantitative estimate of drug-likeness (QED) is 0.883. The van der Waals surface area contributed by atoms with Crippen LogP contribution in [-0.2, 0) is 0 Å². The van der Waals surface area contributed by atoms with Crippen LogP contribution in [0, 0.1) is 6.92 Å². The first-order valence-electron chi connectivity index (χ1n) is 5.70.